The average molecular weight is 308 g/mol. The molecule has 7 heteroatoms. The number of amides is 1. The molecule has 1 atom stereocenters. The number of hydrogen-bond donors (Lipinski definition) is 2. The van der Waals surface area contributed by atoms with E-state index in [9.17, 15) is 4.79 Å². The Morgan fingerprint density at radius 2 is 2.30 bits per heavy atom. The second kappa shape index (κ2) is 6.71. The van der Waals surface area contributed by atoms with Crippen LogP contribution in [0.1, 0.15) is 18.9 Å². The van der Waals surface area contributed by atoms with Crippen molar-refractivity contribution in [1.29, 1.82) is 0 Å². The van der Waals surface area contributed by atoms with Gasteiger partial charge in [0.15, 0.2) is 4.34 Å². The molecule has 0 aliphatic heterocycles. The fraction of sp³-hybridized carbons (Fsp3) is 0.308. The van der Waals surface area contributed by atoms with Crippen LogP contribution in [0.15, 0.2) is 28.6 Å². The Morgan fingerprint density at radius 3 is 2.95 bits per heavy atom. The van der Waals surface area contributed by atoms with Crippen LogP contribution < -0.4 is 11.1 Å². The summed E-state index contributed by atoms with van der Waals surface area (Å²) >= 11 is 2.78. The summed E-state index contributed by atoms with van der Waals surface area (Å²) in [5, 5.41) is 11.8. The number of hydrogen-bond acceptors (Lipinski definition) is 6. The number of aryl methyl sites for hydroxylation is 1. The van der Waals surface area contributed by atoms with Gasteiger partial charge in [0.25, 0.3) is 0 Å². The normalized spacial score (nSPS) is 12.1. The summed E-state index contributed by atoms with van der Waals surface area (Å²) < 4.78 is 0.741. The Kier molecular flexibility index (Phi) is 4.97. The van der Waals surface area contributed by atoms with Crippen LogP contribution in [0.25, 0.3) is 0 Å². The smallest absolute Gasteiger partial charge is 0.230 e. The van der Waals surface area contributed by atoms with Crippen molar-refractivity contribution in [3.8, 4) is 0 Å². The van der Waals surface area contributed by atoms with Gasteiger partial charge in [-0.05, 0) is 31.0 Å². The topological polar surface area (TPSA) is 80.9 Å². The molecule has 0 unspecified atom stereocenters. The maximum absolute atomic E-state index is 11.2. The molecule has 0 spiro atoms. The first-order valence-electron chi connectivity index (χ1n) is 6.21. The van der Waals surface area contributed by atoms with Crippen molar-refractivity contribution in [3.05, 3.63) is 29.8 Å². The standard InChI is InChI=1S/C13H16N4OS2/c1-3-10(11(14)18)19-13-17-16-12(20-13)15-9-6-4-5-8(2)7-9/h4-7,10H,3H2,1-2H3,(H2,14,18)(H,15,16)/t10-/m0/s1. The lowest BCUT2D eigenvalue weighted by atomic mass is 10.2. The largest absolute Gasteiger partial charge is 0.369 e. The summed E-state index contributed by atoms with van der Waals surface area (Å²) in [7, 11) is 0. The number of aromatic nitrogens is 2. The monoisotopic (exact) mass is 308 g/mol. The van der Waals surface area contributed by atoms with Crippen LogP contribution >= 0.6 is 23.1 Å². The average Bonchev–Trinajstić information content (AvgIpc) is 2.83. The molecule has 0 saturated heterocycles. The van der Waals surface area contributed by atoms with E-state index in [2.05, 4.69) is 15.5 Å². The van der Waals surface area contributed by atoms with E-state index in [1.807, 2.05) is 38.1 Å². The third-order valence-electron chi connectivity index (χ3n) is 2.61. The first-order valence-corrected chi connectivity index (χ1v) is 7.91. The molecule has 1 aromatic heterocycles. The van der Waals surface area contributed by atoms with Gasteiger partial charge in [-0.2, -0.15) is 0 Å². The van der Waals surface area contributed by atoms with E-state index in [-0.39, 0.29) is 11.2 Å². The predicted octanol–water partition coefficient (Wildman–Crippen LogP) is 2.95. The Labute approximate surface area is 126 Å². The molecular weight excluding hydrogens is 292 g/mol. The van der Waals surface area contributed by atoms with Crippen molar-refractivity contribution < 1.29 is 4.79 Å². The highest BCUT2D eigenvalue weighted by atomic mass is 32.2. The van der Waals surface area contributed by atoms with E-state index >= 15 is 0 Å². The number of nitrogens with two attached hydrogens (primary N) is 1. The number of benzene rings is 1. The molecule has 0 aliphatic carbocycles. The van der Waals surface area contributed by atoms with Gasteiger partial charge in [0.2, 0.25) is 11.0 Å². The van der Waals surface area contributed by atoms with Crippen LogP contribution in [-0.2, 0) is 4.79 Å². The zero-order chi connectivity index (χ0) is 14.5. The third-order valence-corrected chi connectivity index (χ3v) is 4.91. The first kappa shape index (κ1) is 14.8. The number of primary amides is 1. The van der Waals surface area contributed by atoms with Crippen LogP contribution in [0.3, 0.4) is 0 Å². The fourth-order valence-electron chi connectivity index (χ4n) is 1.62. The van der Waals surface area contributed by atoms with E-state index in [0.717, 1.165) is 10.0 Å². The Morgan fingerprint density at radius 1 is 1.50 bits per heavy atom. The highest BCUT2D eigenvalue weighted by molar-refractivity contribution is 8.02. The van der Waals surface area contributed by atoms with Gasteiger partial charge in [-0.1, -0.05) is 42.2 Å². The van der Waals surface area contributed by atoms with Crippen LogP contribution in [0.5, 0.6) is 0 Å². The molecule has 1 amide bonds. The van der Waals surface area contributed by atoms with Crippen molar-refractivity contribution in [2.45, 2.75) is 29.9 Å². The maximum Gasteiger partial charge on any atom is 0.230 e. The van der Waals surface area contributed by atoms with E-state index in [4.69, 9.17) is 5.73 Å². The Balaban J connectivity index is 2.04. The molecule has 0 aliphatic rings. The molecule has 5 nitrogen and oxygen atoms in total. The number of anilines is 2. The molecule has 2 rings (SSSR count). The number of nitrogens with one attached hydrogen (secondary N) is 1. The second-order valence-corrected chi connectivity index (χ2v) is 6.71. The summed E-state index contributed by atoms with van der Waals surface area (Å²) in [6, 6.07) is 8.02. The summed E-state index contributed by atoms with van der Waals surface area (Å²) in [5.41, 5.74) is 7.47. The number of nitrogens with zero attached hydrogens (tertiary/aromatic N) is 2. The van der Waals surface area contributed by atoms with Crippen LogP contribution in [0, 0.1) is 6.92 Å². The van der Waals surface area contributed by atoms with Crippen LogP contribution in [0.4, 0.5) is 10.8 Å². The van der Waals surface area contributed by atoms with Crippen molar-refractivity contribution in [1.82, 2.24) is 10.2 Å². The lowest BCUT2D eigenvalue weighted by molar-refractivity contribution is -0.117. The molecule has 0 fully saturated rings. The van der Waals surface area contributed by atoms with Gasteiger partial charge < -0.3 is 11.1 Å². The molecule has 106 valence electrons. The summed E-state index contributed by atoms with van der Waals surface area (Å²) in [5.74, 6) is -0.319. The second-order valence-electron chi connectivity index (χ2n) is 4.28. The maximum atomic E-state index is 11.2. The third kappa shape index (κ3) is 3.94. The van der Waals surface area contributed by atoms with Crippen LogP contribution in [0.2, 0.25) is 0 Å². The van der Waals surface area contributed by atoms with Crippen molar-refractivity contribution >= 4 is 39.8 Å². The fourth-order valence-corrected chi connectivity index (χ4v) is 3.51. The number of thioether (sulfide) groups is 1. The quantitative estimate of drug-likeness (QED) is 0.802. The van der Waals surface area contributed by atoms with E-state index in [1.54, 1.807) is 0 Å². The zero-order valence-corrected chi connectivity index (χ0v) is 12.9. The first-order chi connectivity index (χ1) is 9.58. The Hall–Kier alpha value is -1.60. The zero-order valence-electron chi connectivity index (χ0n) is 11.3. The SMILES string of the molecule is CC[C@H](Sc1nnc(Nc2cccc(C)c2)s1)C(N)=O. The molecule has 20 heavy (non-hydrogen) atoms. The van der Waals surface area contributed by atoms with Crippen LogP contribution in [-0.4, -0.2) is 21.4 Å². The minimum absolute atomic E-state index is 0.255. The molecular formula is C13H16N4OS2. The Bertz CT molecular complexity index is 600. The molecule has 0 saturated carbocycles. The summed E-state index contributed by atoms with van der Waals surface area (Å²) in [6.07, 6.45) is 0.681. The predicted molar refractivity (Wildman–Crippen MR) is 83.5 cm³/mol. The summed E-state index contributed by atoms with van der Waals surface area (Å²) in [4.78, 5) is 11.2. The molecule has 1 heterocycles. The van der Waals surface area contributed by atoms with Gasteiger partial charge in [0.1, 0.15) is 0 Å². The van der Waals surface area contributed by atoms with Gasteiger partial charge in [-0.15, -0.1) is 10.2 Å². The lowest BCUT2D eigenvalue weighted by Gasteiger charge is -2.06. The van der Waals surface area contributed by atoms with Gasteiger partial charge in [0.05, 0.1) is 5.25 Å². The van der Waals surface area contributed by atoms with Gasteiger partial charge >= 0.3 is 0 Å². The van der Waals surface area contributed by atoms with Gasteiger partial charge in [-0.3, -0.25) is 4.79 Å². The summed E-state index contributed by atoms with van der Waals surface area (Å²) in [6.45, 7) is 3.96. The van der Waals surface area contributed by atoms with E-state index < -0.39 is 0 Å². The minimum atomic E-state index is -0.319. The lowest BCUT2D eigenvalue weighted by Crippen LogP contribution is -2.24. The molecule has 0 bridgehead atoms. The number of rotatable bonds is 6. The van der Waals surface area contributed by atoms with Gasteiger partial charge in [-0.25, -0.2) is 0 Å². The molecule has 3 N–H and O–H groups in total. The van der Waals surface area contributed by atoms with E-state index in [0.29, 0.717) is 11.6 Å². The minimum Gasteiger partial charge on any atom is -0.369 e. The van der Waals surface area contributed by atoms with Crippen molar-refractivity contribution in [2.75, 3.05) is 5.32 Å². The highest BCUT2D eigenvalue weighted by Crippen LogP contribution is 2.31. The highest BCUT2D eigenvalue weighted by Gasteiger charge is 2.17. The number of carbonyl (C=O) groups excluding carboxylic acids is 1. The molecule has 2 aromatic rings. The van der Waals surface area contributed by atoms with E-state index in [1.165, 1.54) is 28.7 Å². The van der Waals surface area contributed by atoms with Crippen molar-refractivity contribution in [2.24, 2.45) is 5.73 Å². The van der Waals surface area contributed by atoms with Crippen molar-refractivity contribution in [3.63, 3.8) is 0 Å². The molecule has 1 aromatic carbocycles. The molecule has 0 radical (unpaired) electrons. The number of carbonyl (C=O) groups is 1. The van der Waals surface area contributed by atoms with Gasteiger partial charge in [0, 0.05) is 5.69 Å².